The Balaban J connectivity index is 3.51. The van der Waals surface area contributed by atoms with E-state index >= 15 is 0 Å². The van der Waals surface area contributed by atoms with Crippen molar-refractivity contribution < 1.29 is 18.1 Å². The van der Waals surface area contributed by atoms with Crippen LogP contribution in [0.15, 0.2) is 28.1 Å². The second-order valence-electron chi connectivity index (χ2n) is 2.88. The van der Waals surface area contributed by atoms with Crippen molar-refractivity contribution in [2.45, 2.75) is 4.90 Å². The largest absolute Gasteiger partial charge is 0.297 e. The van der Waals surface area contributed by atoms with Crippen molar-refractivity contribution in [1.29, 1.82) is 0 Å². The molecule has 0 aromatic heterocycles. The van der Waals surface area contributed by atoms with Gasteiger partial charge in [-0.15, -0.1) is 0 Å². The van der Waals surface area contributed by atoms with Gasteiger partial charge in [-0.1, -0.05) is 0 Å². The van der Waals surface area contributed by atoms with Crippen LogP contribution in [0.25, 0.3) is 0 Å². The van der Waals surface area contributed by atoms with E-state index in [4.69, 9.17) is 0 Å². The Kier molecular flexibility index (Phi) is 3.17. The van der Waals surface area contributed by atoms with E-state index in [1.54, 1.807) is 0 Å². The number of nitro benzene ring substituents is 1. The summed E-state index contributed by atoms with van der Waals surface area (Å²) in [5, 5.41) is 10.6. The Bertz CT molecular complexity index is 586. The van der Waals surface area contributed by atoms with Crippen LogP contribution in [0, 0.1) is 10.1 Å². The zero-order chi connectivity index (χ0) is 12.3. The molecule has 0 saturated heterocycles. The summed E-state index contributed by atoms with van der Waals surface area (Å²) in [6.07, 6.45) is 2.08. The van der Waals surface area contributed by atoms with Gasteiger partial charge in [0.2, 0.25) is 6.08 Å². The predicted molar refractivity (Wildman–Crippen MR) is 54.0 cm³/mol. The molecule has 1 rings (SSSR count). The van der Waals surface area contributed by atoms with Crippen LogP contribution in [0.2, 0.25) is 0 Å². The van der Waals surface area contributed by atoms with E-state index in [0.29, 0.717) is 0 Å². The van der Waals surface area contributed by atoms with E-state index in [1.807, 2.05) is 0 Å². The first-order valence-corrected chi connectivity index (χ1v) is 5.82. The summed E-state index contributed by atoms with van der Waals surface area (Å²) in [6.45, 7) is 0. The zero-order valence-corrected chi connectivity index (χ0v) is 8.89. The summed E-state index contributed by atoms with van der Waals surface area (Å²) in [5.74, 6) is 0. The van der Waals surface area contributed by atoms with Crippen molar-refractivity contribution in [3.05, 3.63) is 28.3 Å². The van der Waals surface area contributed by atoms with Gasteiger partial charge >= 0.3 is 0 Å². The lowest BCUT2D eigenvalue weighted by Gasteiger charge is -1.99. The van der Waals surface area contributed by atoms with Crippen molar-refractivity contribution in [2.24, 2.45) is 4.99 Å². The summed E-state index contributed by atoms with van der Waals surface area (Å²) >= 11 is 0. The third-order valence-corrected chi connectivity index (χ3v) is 2.85. The first-order chi connectivity index (χ1) is 7.36. The van der Waals surface area contributed by atoms with Gasteiger partial charge in [0, 0.05) is 12.3 Å². The maximum absolute atomic E-state index is 11.1. The van der Waals surface area contributed by atoms with Crippen LogP contribution in [0.5, 0.6) is 0 Å². The fourth-order valence-electron chi connectivity index (χ4n) is 1.02. The van der Waals surface area contributed by atoms with Crippen molar-refractivity contribution >= 4 is 27.3 Å². The highest BCUT2D eigenvalue weighted by atomic mass is 32.2. The third-order valence-electron chi connectivity index (χ3n) is 1.74. The van der Waals surface area contributed by atoms with E-state index in [0.717, 1.165) is 30.5 Å². The molecule has 0 amide bonds. The monoisotopic (exact) mass is 242 g/mol. The molecule has 0 unspecified atom stereocenters. The zero-order valence-electron chi connectivity index (χ0n) is 8.08. The molecule has 0 spiro atoms. The van der Waals surface area contributed by atoms with Crippen LogP contribution < -0.4 is 0 Å². The van der Waals surface area contributed by atoms with Gasteiger partial charge in [0.05, 0.1) is 9.82 Å². The number of hydrogen-bond donors (Lipinski definition) is 0. The van der Waals surface area contributed by atoms with Gasteiger partial charge in [-0.25, -0.2) is 13.2 Å². The minimum absolute atomic E-state index is 0.205. The molecular weight excluding hydrogens is 236 g/mol. The maximum Gasteiger partial charge on any atom is 0.297 e. The number of isocyanates is 1. The third kappa shape index (κ3) is 2.50. The second kappa shape index (κ2) is 4.21. The number of aliphatic imine (C=N–C) groups is 1. The van der Waals surface area contributed by atoms with E-state index in [-0.39, 0.29) is 10.6 Å². The summed E-state index contributed by atoms with van der Waals surface area (Å²) in [6, 6.07) is 3.07. The lowest BCUT2D eigenvalue weighted by molar-refractivity contribution is -0.384. The van der Waals surface area contributed by atoms with E-state index < -0.39 is 20.4 Å². The number of hydrogen-bond acceptors (Lipinski definition) is 6. The number of benzene rings is 1. The highest BCUT2D eigenvalue weighted by Crippen LogP contribution is 2.29. The Hall–Kier alpha value is -2.05. The van der Waals surface area contributed by atoms with Gasteiger partial charge in [-0.05, 0) is 12.1 Å². The van der Waals surface area contributed by atoms with E-state index in [1.165, 1.54) is 0 Å². The molecule has 0 fully saturated rings. The molecule has 0 heterocycles. The smallest absolute Gasteiger partial charge is 0.258 e. The highest BCUT2D eigenvalue weighted by molar-refractivity contribution is 7.90. The van der Waals surface area contributed by atoms with Crippen molar-refractivity contribution in [3.63, 3.8) is 0 Å². The van der Waals surface area contributed by atoms with Gasteiger partial charge in [0.1, 0.15) is 0 Å². The molecule has 0 saturated carbocycles. The minimum Gasteiger partial charge on any atom is -0.258 e. The minimum atomic E-state index is -3.54. The van der Waals surface area contributed by atoms with Crippen LogP contribution in [-0.2, 0) is 14.6 Å². The molecule has 1 aromatic rings. The van der Waals surface area contributed by atoms with Crippen molar-refractivity contribution in [2.75, 3.05) is 6.26 Å². The molecule has 0 bridgehead atoms. The first-order valence-electron chi connectivity index (χ1n) is 3.92. The molecule has 84 valence electrons. The summed E-state index contributed by atoms with van der Waals surface area (Å²) in [7, 11) is -3.54. The van der Waals surface area contributed by atoms with Crippen molar-refractivity contribution in [1.82, 2.24) is 0 Å². The lowest BCUT2D eigenvalue weighted by Crippen LogP contribution is -1.98. The van der Waals surface area contributed by atoms with Crippen molar-refractivity contribution in [3.8, 4) is 0 Å². The molecule has 0 N–H and O–H groups in total. The molecule has 0 radical (unpaired) electrons. The van der Waals surface area contributed by atoms with Gasteiger partial charge in [0.25, 0.3) is 5.69 Å². The number of nitrogens with zero attached hydrogens (tertiary/aromatic N) is 2. The van der Waals surface area contributed by atoms with Crippen LogP contribution in [0.3, 0.4) is 0 Å². The normalized spacial score (nSPS) is 10.6. The first kappa shape index (κ1) is 12.0. The number of sulfone groups is 1. The fourth-order valence-corrected chi connectivity index (χ4v) is 1.66. The topological polar surface area (TPSA) is 107 Å². The summed E-state index contributed by atoms with van der Waals surface area (Å²) in [5.41, 5.74) is -0.779. The van der Waals surface area contributed by atoms with Gasteiger partial charge in [0.15, 0.2) is 15.5 Å². The summed E-state index contributed by atoms with van der Waals surface area (Å²) < 4.78 is 22.3. The molecule has 8 heteroatoms. The molecule has 1 aromatic carbocycles. The molecule has 0 aliphatic carbocycles. The second-order valence-corrected chi connectivity index (χ2v) is 4.90. The predicted octanol–water partition coefficient (Wildman–Crippen LogP) is 0.966. The maximum atomic E-state index is 11.1. The van der Waals surface area contributed by atoms with Crippen LogP contribution in [0.1, 0.15) is 0 Å². The van der Waals surface area contributed by atoms with Crippen LogP contribution in [-0.4, -0.2) is 25.7 Å². The quantitative estimate of drug-likeness (QED) is 0.339. The SMILES string of the molecule is CS(=O)(=O)c1ccc(N=C=O)c([N+](=O)[O-])c1. The molecule has 0 aliphatic heterocycles. The Labute approximate surface area is 90.5 Å². The molecule has 0 atom stereocenters. The number of nitro groups is 1. The highest BCUT2D eigenvalue weighted by Gasteiger charge is 2.18. The average molecular weight is 242 g/mol. The standard InChI is InChI=1S/C8H6N2O5S/c1-16(14,15)6-2-3-7(9-5-11)8(4-6)10(12)13/h2-4H,1H3. The van der Waals surface area contributed by atoms with Crippen LogP contribution in [0.4, 0.5) is 11.4 Å². The fraction of sp³-hybridized carbons (Fsp3) is 0.125. The van der Waals surface area contributed by atoms with Gasteiger partial charge < -0.3 is 0 Å². The Morgan fingerprint density at radius 3 is 2.50 bits per heavy atom. The molecule has 0 aliphatic rings. The number of carbonyl (C=O) groups excluding carboxylic acids is 1. The lowest BCUT2D eigenvalue weighted by atomic mass is 10.3. The molecule has 7 nitrogen and oxygen atoms in total. The van der Waals surface area contributed by atoms with E-state index in [9.17, 15) is 23.3 Å². The van der Waals surface area contributed by atoms with E-state index in [2.05, 4.69) is 4.99 Å². The molecule has 16 heavy (non-hydrogen) atoms. The molecular formula is C8H6N2O5S. The summed E-state index contributed by atoms with van der Waals surface area (Å²) in [4.78, 5) is 22.7. The van der Waals surface area contributed by atoms with Crippen LogP contribution >= 0.6 is 0 Å². The number of rotatable bonds is 3. The van der Waals surface area contributed by atoms with Gasteiger partial charge in [-0.2, -0.15) is 4.99 Å². The Morgan fingerprint density at radius 1 is 1.44 bits per heavy atom. The van der Waals surface area contributed by atoms with Gasteiger partial charge in [-0.3, -0.25) is 10.1 Å². The Morgan fingerprint density at radius 2 is 2.06 bits per heavy atom. The average Bonchev–Trinajstić information content (AvgIpc) is 2.16.